The van der Waals surface area contributed by atoms with Gasteiger partial charge in [0.25, 0.3) is 11.8 Å². The van der Waals surface area contributed by atoms with Crippen molar-refractivity contribution in [3.63, 3.8) is 0 Å². The lowest BCUT2D eigenvalue weighted by molar-refractivity contribution is 0.0914. The van der Waals surface area contributed by atoms with Crippen molar-refractivity contribution in [2.75, 3.05) is 6.61 Å². The average Bonchev–Trinajstić information content (AvgIpc) is 3.37. The summed E-state index contributed by atoms with van der Waals surface area (Å²) in [6.45, 7) is 1.27. The Morgan fingerprint density at radius 3 is 1.93 bits per heavy atom. The molecule has 7 heteroatoms. The number of ether oxygens (including phenoxy) is 1. The Morgan fingerprint density at radius 1 is 0.833 bits per heavy atom. The highest BCUT2D eigenvalue weighted by atomic mass is 16.5. The molecule has 3 aliphatic rings. The van der Waals surface area contributed by atoms with Crippen LogP contribution in [0.1, 0.15) is 91.3 Å². The number of pyridine rings is 1. The number of nitrogens with one attached hydrogen (secondary N) is 2. The number of amides is 2. The lowest BCUT2D eigenvalue weighted by Gasteiger charge is -2.21. The van der Waals surface area contributed by atoms with Gasteiger partial charge in [0, 0.05) is 37.6 Å². The van der Waals surface area contributed by atoms with Gasteiger partial charge in [0.15, 0.2) is 0 Å². The van der Waals surface area contributed by atoms with Gasteiger partial charge in [0.05, 0.1) is 6.10 Å². The first-order valence-electron chi connectivity index (χ1n) is 11.6. The van der Waals surface area contributed by atoms with E-state index in [0.29, 0.717) is 6.54 Å². The third-order valence-corrected chi connectivity index (χ3v) is 6.36. The predicted molar refractivity (Wildman–Crippen MR) is 114 cm³/mol. The van der Waals surface area contributed by atoms with E-state index in [9.17, 15) is 14.4 Å². The monoisotopic (exact) mass is 415 g/mol. The molecule has 2 saturated carbocycles. The second kappa shape index (κ2) is 9.77. The number of nitrogens with zero attached hydrogens (tertiary/aromatic N) is 1. The van der Waals surface area contributed by atoms with Crippen LogP contribution < -0.4 is 16.1 Å². The fourth-order valence-corrected chi connectivity index (χ4v) is 4.44. The maximum atomic E-state index is 13.0. The summed E-state index contributed by atoms with van der Waals surface area (Å²) in [5.74, 6) is -0.753. The third-order valence-electron chi connectivity index (χ3n) is 6.36. The van der Waals surface area contributed by atoms with Crippen LogP contribution in [-0.2, 0) is 11.3 Å². The van der Waals surface area contributed by atoms with Gasteiger partial charge in [-0.1, -0.05) is 32.1 Å². The molecule has 4 rings (SSSR count). The summed E-state index contributed by atoms with van der Waals surface area (Å²) >= 11 is 0. The molecule has 2 aliphatic carbocycles. The highest BCUT2D eigenvalue weighted by Crippen LogP contribution is 2.20. The lowest BCUT2D eigenvalue weighted by atomic mass is 9.96. The maximum absolute atomic E-state index is 13.0. The van der Waals surface area contributed by atoms with Gasteiger partial charge in [-0.15, -0.1) is 0 Å². The molecule has 164 valence electrons. The van der Waals surface area contributed by atoms with Gasteiger partial charge in [-0.3, -0.25) is 14.4 Å². The smallest absolute Gasteiger partial charge is 0.256 e. The summed E-state index contributed by atoms with van der Waals surface area (Å²) in [6.07, 6.45) is 14.8. The van der Waals surface area contributed by atoms with Crippen molar-refractivity contribution in [3.05, 3.63) is 33.7 Å². The van der Waals surface area contributed by atoms with Crippen molar-refractivity contribution < 1.29 is 14.3 Å². The van der Waals surface area contributed by atoms with Crippen LogP contribution in [0.25, 0.3) is 0 Å². The number of hydrogen-bond donors (Lipinski definition) is 2. The van der Waals surface area contributed by atoms with Crippen LogP contribution in [0.5, 0.6) is 0 Å². The van der Waals surface area contributed by atoms with Gasteiger partial charge in [0.2, 0.25) is 5.43 Å². The van der Waals surface area contributed by atoms with Crippen LogP contribution in [0.4, 0.5) is 0 Å². The fraction of sp³-hybridized carbons (Fsp3) is 0.696. The van der Waals surface area contributed by atoms with Crippen molar-refractivity contribution in [2.45, 2.75) is 95.4 Å². The van der Waals surface area contributed by atoms with Crippen molar-refractivity contribution >= 4 is 11.8 Å². The summed E-state index contributed by atoms with van der Waals surface area (Å²) in [6, 6.07) is 0.240. The highest BCUT2D eigenvalue weighted by molar-refractivity contribution is 5.99. The zero-order valence-electron chi connectivity index (χ0n) is 17.7. The van der Waals surface area contributed by atoms with E-state index in [0.717, 1.165) is 58.0 Å². The van der Waals surface area contributed by atoms with Crippen LogP contribution in [0.2, 0.25) is 0 Å². The molecule has 1 saturated heterocycles. The first kappa shape index (κ1) is 21.1. The normalized spacial score (nSPS) is 22.9. The SMILES string of the molecule is O=C(NC1CCCCCCC1)c1cn(C[C@H]2CCCO2)cc(C(=O)NC2CC2)c1=O. The molecule has 2 amide bonds. The first-order valence-corrected chi connectivity index (χ1v) is 11.6. The van der Waals surface area contributed by atoms with Crippen molar-refractivity contribution in [1.29, 1.82) is 0 Å². The summed E-state index contributed by atoms with van der Waals surface area (Å²) in [7, 11) is 0. The standard InChI is InChI=1S/C23H33N3O4/c27-21-19(22(28)24-16-7-4-2-1-3-5-8-16)14-26(13-18-9-6-12-30-18)15-20(21)23(29)25-17-10-11-17/h14-18H,1-13H2,(H,24,28)(H,25,29)/t18-/m1/s1. The Kier molecular flexibility index (Phi) is 6.87. The van der Waals surface area contributed by atoms with E-state index in [1.54, 1.807) is 17.0 Å². The fourth-order valence-electron chi connectivity index (χ4n) is 4.44. The third kappa shape index (κ3) is 5.50. The summed E-state index contributed by atoms with van der Waals surface area (Å²) < 4.78 is 7.49. The van der Waals surface area contributed by atoms with E-state index in [1.807, 2.05) is 0 Å². The minimum absolute atomic E-state index is 0.0465. The number of carbonyl (C=O) groups excluding carboxylic acids is 2. The Balaban J connectivity index is 1.56. The number of carbonyl (C=O) groups is 2. The Bertz CT molecular complexity index is 816. The minimum atomic E-state index is -0.486. The average molecular weight is 416 g/mol. The molecule has 7 nitrogen and oxygen atoms in total. The highest BCUT2D eigenvalue weighted by Gasteiger charge is 2.27. The molecular formula is C23H33N3O4. The zero-order chi connectivity index (χ0) is 20.9. The van der Waals surface area contributed by atoms with E-state index in [4.69, 9.17) is 4.74 Å². The van der Waals surface area contributed by atoms with Gasteiger partial charge in [-0.05, 0) is 38.5 Å². The quantitative estimate of drug-likeness (QED) is 0.748. The largest absolute Gasteiger partial charge is 0.376 e. The molecule has 0 aromatic carbocycles. The molecule has 0 unspecified atom stereocenters. The minimum Gasteiger partial charge on any atom is -0.376 e. The molecule has 0 bridgehead atoms. The molecule has 0 spiro atoms. The Labute approximate surface area is 177 Å². The van der Waals surface area contributed by atoms with Crippen LogP contribution in [0, 0.1) is 0 Å². The molecule has 0 radical (unpaired) electrons. The van der Waals surface area contributed by atoms with Gasteiger partial charge in [-0.25, -0.2) is 0 Å². The van der Waals surface area contributed by atoms with Crippen molar-refractivity contribution in [2.24, 2.45) is 0 Å². The van der Waals surface area contributed by atoms with Crippen LogP contribution in [0.15, 0.2) is 17.2 Å². The molecule has 1 atom stereocenters. The van der Waals surface area contributed by atoms with Crippen LogP contribution in [0.3, 0.4) is 0 Å². The maximum Gasteiger partial charge on any atom is 0.256 e. The second-order valence-corrected chi connectivity index (χ2v) is 9.01. The molecule has 2 heterocycles. The first-order chi connectivity index (χ1) is 14.6. The van der Waals surface area contributed by atoms with Gasteiger partial charge < -0.3 is 19.9 Å². The molecule has 2 N–H and O–H groups in total. The molecule has 3 fully saturated rings. The van der Waals surface area contributed by atoms with Crippen molar-refractivity contribution in [1.82, 2.24) is 15.2 Å². The van der Waals surface area contributed by atoms with Gasteiger partial charge in [-0.2, -0.15) is 0 Å². The van der Waals surface area contributed by atoms with E-state index >= 15 is 0 Å². The van der Waals surface area contributed by atoms with E-state index in [2.05, 4.69) is 10.6 Å². The summed E-state index contributed by atoms with van der Waals surface area (Å²) in [5.41, 5.74) is -0.385. The number of hydrogen-bond acceptors (Lipinski definition) is 4. The lowest BCUT2D eigenvalue weighted by Crippen LogP contribution is -2.40. The second-order valence-electron chi connectivity index (χ2n) is 9.01. The topological polar surface area (TPSA) is 89.4 Å². The summed E-state index contributed by atoms with van der Waals surface area (Å²) in [5, 5.41) is 5.95. The predicted octanol–water partition coefficient (Wildman–Crippen LogP) is 2.76. The molecule has 30 heavy (non-hydrogen) atoms. The summed E-state index contributed by atoms with van der Waals surface area (Å²) in [4.78, 5) is 38.8. The Hall–Kier alpha value is -2.15. The van der Waals surface area contributed by atoms with E-state index < -0.39 is 5.43 Å². The number of aromatic nitrogens is 1. The molecular weight excluding hydrogens is 382 g/mol. The Morgan fingerprint density at radius 2 is 1.40 bits per heavy atom. The van der Waals surface area contributed by atoms with Crippen molar-refractivity contribution in [3.8, 4) is 0 Å². The molecule has 1 aromatic rings. The molecule has 1 aromatic heterocycles. The molecule has 1 aliphatic heterocycles. The van der Waals surface area contributed by atoms with E-state index in [1.165, 1.54) is 19.3 Å². The number of rotatable bonds is 6. The van der Waals surface area contributed by atoms with Gasteiger partial charge in [0.1, 0.15) is 11.1 Å². The van der Waals surface area contributed by atoms with Crippen LogP contribution >= 0.6 is 0 Å². The van der Waals surface area contributed by atoms with Crippen LogP contribution in [-0.4, -0.2) is 41.2 Å². The van der Waals surface area contributed by atoms with E-state index in [-0.39, 0.29) is 41.1 Å². The zero-order valence-corrected chi connectivity index (χ0v) is 17.7. The van der Waals surface area contributed by atoms with Gasteiger partial charge >= 0.3 is 0 Å².